The first kappa shape index (κ1) is 14.7. The molecule has 1 aromatic carbocycles. The highest BCUT2D eigenvalue weighted by Gasteiger charge is 2.25. The van der Waals surface area contributed by atoms with Gasteiger partial charge in [0.15, 0.2) is 5.69 Å². The maximum atomic E-state index is 11.9. The van der Waals surface area contributed by atoms with E-state index < -0.39 is 11.9 Å². The van der Waals surface area contributed by atoms with Crippen molar-refractivity contribution < 1.29 is 19.4 Å². The number of carboxylic acids is 1. The molecule has 1 aromatic heterocycles. The van der Waals surface area contributed by atoms with Crippen molar-refractivity contribution in [1.82, 2.24) is 4.98 Å². The first-order chi connectivity index (χ1) is 10.1. The van der Waals surface area contributed by atoms with Gasteiger partial charge < -0.3 is 9.84 Å². The molecule has 0 unspecified atom stereocenters. The van der Waals surface area contributed by atoms with Gasteiger partial charge >= 0.3 is 11.9 Å². The Balaban J connectivity index is 2.72. The molecule has 1 N–H and O–H groups in total. The Kier molecular flexibility index (Phi) is 4.33. The standard InChI is InChI=1S/C16H15NO4/c1-3-21-16(20)14-13(15(18)19)12(10(2)9-17-14)11-7-5-4-6-8-11/h4-9H,3H2,1-2H3,(H,18,19). The van der Waals surface area contributed by atoms with Gasteiger partial charge in [0.1, 0.15) is 5.56 Å². The van der Waals surface area contributed by atoms with Crippen LogP contribution < -0.4 is 0 Å². The summed E-state index contributed by atoms with van der Waals surface area (Å²) in [7, 11) is 0. The summed E-state index contributed by atoms with van der Waals surface area (Å²) in [6.07, 6.45) is 1.49. The molecule has 0 aliphatic rings. The Labute approximate surface area is 122 Å². The van der Waals surface area contributed by atoms with E-state index in [9.17, 15) is 14.7 Å². The Morgan fingerprint density at radius 3 is 2.48 bits per heavy atom. The zero-order valence-corrected chi connectivity index (χ0v) is 11.8. The summed E-state index contributed by atoms with van der Waals surface area (Å²) in [5.74, 6) is -1.93. The van der Waals surface area contributed by atoms with E-state index in [0.717, 1.165) is 5.56 Å². The number of pyridine rings is 1. The second-order valence-electron chi connectivity index (χ2n) is 4.43. The largest absolute Gasteiger partial charge is 0.478 e. The van der Waals surface area contributed by atoms with Crippen molar-refractivity contribution in [3.05, 3.63) is 53.3 Å². The molecule has 5 heteroatoms. The van der Waals surface area contributed by atoms with Crippen molar-refractivity contribution in [2.75, 3.05) is 6.61 Å². The lowest BCUT2D eigenvalue weighted by molar-refractivity contribution is 0.0507. The van der Waals surface area contributed by atoms with Crippen molar-refractivity contribution in [3.8, 4) is 11.1 Å². The van der Waals surface area contributed by atoms with Crippen molar-refractivity contribution in [1.29, 1.82) is 0 Å². The van der Waals surface area contributed by atoms with E-state index >= 15 is 0 Å². The number of aryl methyl sites for hydroxylation is 1. The maximum absolute atomic E-state index is 11.9. The second kappa shape index (κ2) is 6.17. The molecular formula is C16H15NO4. The van der Waals surface area contributed by atoms with Gasteiger partial charge in [-0.1, -0.05) is 30.3 Å². The van der Waals surface area contributed by atoms with Crippen LogP contribution in [0.15, 0.2) is 36.5 Å². The fourth-order valence-corrected chi connectivity index (χ4v) is 2.15. The zero-order valence-electron chi connectivity index (χ0n) is 11.8. The molecule has 0 fully saturated rings. The number of carbonyl (C=O) groups excluding carboxylic acids is 1. The number of carbonyl (C=O) groups is 2. The number of aromatic nitrogens is 1. The van der Waals surface area contributed by atoms with Gasteiger partial charge in [-0.2, -0.15) is 0 Å². The van der Waals surface area contributed by atoms with E-state index in [1.54, 1.807) is 26.0 Å². The number of rotatable bonds is 4. The lowest BCUT2D eigenvalue weighted by Crippen LogP contribution is -2.16. The molecule has 0 bridgehead atoms. The number of carboxylic acid groups (broad SMARTS) is 1. The number of ether oxygens (including phenoxy) is 1. The first-order valence-corrected chi connectivity index (χ1v) is 6.51. The molecule has 0 amide bonds. The van der Waals surface area contributed by atoms with Crippen LogP contribution in [-0.4, -0.2) is 28.6 Å². The number of hydrogen-bond acceptors (Lipinski definition) is 4. The zero-order chi connectivity index (χ0) is 15.4. The van der Waals surface area contributed by atoms with E-state index in [0.29, 0.717) is 11.1 Å². The molecule has 5 nitrogen and oxygen atoms in total. The van der Waals surface area contributed by atoms with Crippen molar-refractivity contribution in [2.45, 2.75) is 13.8 Å². The molecule has 0 aliphatic carbocycles. The van der Waals surface area contributed by atoms with Crippen LogP contribution in [0.5, 0.6) is 0 Å². The highest BCUT2D eigenvalue weighted by atomic mass is 16.5. The van der Waals surface area contributed by atoms with Crippen LogP contribution in [0, 0.1) is 6.92 Å². The summed E-state index contributed by atoms with van der Waals surface area (Å²) < 4.78 is 4.88. The van der Waals surface area contributed by atoms with E-state index in [1.165, 1.54) is 6.20 Å². The minimum Gasteiger partial charge on any atom is -0.478 e. The molecular weight excluding hydrogens is 270 g/mol. The fourth-order valence-electron chi connectivity index (χ4n) is 2.15. The Bertz CT molecular complexity index is 680. The Morgan fingerprint density at radius 1 is 1.24 bits per heavy atom. The molecule has 0 aliphatic heterocycles. The van der Waals surface area contributed by atoms with E-state index in [-0.39, 0.29) is 17.9 Å². The summed E-state index contributed by atoms with van der Waals surface area (Å²) in [6, 6.07) is 9.05. The van der Waals surface area contributed by atoms with Gasteiger partial charge in [0, 0.05) is 11.8 Å². The van der Waals surface area contributed by atoms with Crippen LogP contribution in [0.4, 0.5) is 0 Å². The van der Waals surface area contributed by atoms with Gasteiger partial charge in [0.2, 0.25) is 0 Å². The van der Waals surface area contributed by atoms with Crippen LogP contribution in [0.1, 0.15) is 33.3 Å². The fraction of sp³-hybridized carbons (Fsp3) is 0.188. The second-order valence-corrected chi connectivity index (χ2v) is 4.43. The lowest BCUT2D eigenvalue weighted by Gasteiger charge is -2.13. The Morgan fingerprint density at radius 2 is 1.90 bits per heavy atom. The van der Waals surface area contributed by atoms with Crippen LogP contribution in [0.2, 0.25) is 0 Å². The summed E-state index contributed by atoms with van der Waals surface area (Å²) >= 11 is 0. The minimum atomic E-state index is -1.20. The van der Waals surface area contributed by atoms with Crippen LogP contribution in [0.3, 0.4) is 0 Å². The summed E-state index contributed by atoms with van der Waals surface area (Å²) in [5, 5.41) is 9.50. The number of hydrogen-bond donors (Lipinski definition) is 1. The third-order valence-electron chi connectivity index (χ3n) is 3.01. The molecule has 108 valence electrons. The molecule has 2 aromatic rings. The van der Waals surface area contributed by atoms with Crippen molar-refractivity contribution in [3.63, 3.8) is 0 Å². The van der Waals surface area contributed by atoms with E-state index in [2.05, 4.69) is 4.98 Å². The van der Waals surface area contributed by atoms with Gasteiger partial charge in [-0.25, -0.2) is 14.6 Å². The SMILES string of the molecule is CCOC(=O)c1ncc(C)c(-c2ccccc2)c1C(=O)O. The topological polar surface area (TPSA) is 76.5 Å². The van der Waals surface area contributed by atoms with E-state index in [1.807, 2.05) is 18.2 Å². The Hall–Kier alpha value is -2.69. The predicted octanol–water partition coefficient (Wildman–Crippen LogP) is 2.93. The van der Waals surface area contributed by atoms with Gasteiger partial charge in [0.25, 0.3) is 0 Å². The number of aromatic carboxylic acids is 1. The molecule has 21 heavy (non-hydrogen) atoms. The third kappa shape index (κ3) is 2.91. The highest BCUT2D eigenvalue weighted by Crippen LogP contribution is 2.29. The van der Waals surface area contributed by atoms with Crippen LogP contribution in [0.25, 0.3) is 11.1 Å². The van der Waals surface area contributed by atoms with Gasteiger partial charge in [-0.05, 0) is 25.0 Å². The quantitative estimate of drug-likeness (QED) is 0.874. The molecule has 0 saturated carbocycles. The van der Waals surface area contributed by atoms with Gasteiger partial charge in [-0.15, -0.1) is 0 Å². The average molecular weight is 285 g/mol. The van der Waals surface area contributed by atoms with Crippen molar-refractivity contribution in [2.24, 2.45) is 0 Å². The summed E-state index contributed by atoms with van der Waals surface area (Å²) in [6.45, 7) is 3.58. The number of nitrogens with zero attached hydrogens (tertiary/aromatic N) is 1. The monoisotopic (exact) mass is 285 g/mol. The van der Waals surface area contributed by atoms with Gasteiger partial charge in [-0.3, -0.25) is 0 Å². The smallest absolute Gasteiger partial charge is 0.357 e. The van der Waals surface area contributed by atoms with Crippen molar-refractivity contribution >= 4 is 11.9 Å². The molecule has 1 heterocycles. The lowest BCUT2D eigenvalue weighted by atomic mass is 9.95. The molecule has 0 saturated heterocycles. The molecule has 0 spiro atoms. The molecule has 2 rings (SSSR count). The third-order valence-corrected chi connectivity index (χ3v) is 3.01. The minimum absolute atomic E-state index is 0.125. The van der Waals surface area contributed by atoms with Gasteiger partial charge in [0.05, 0.1) is 6.61 Å². The summed E-state index contributed by atoms with van der Waals surface area (Å²) in [5.41, 5.74) is 1.60. The van der Waals surface area contributed by atoms with Crippen LogP contribution >= 0.6 is 0 Å². The number of benzene rings is 1. The summed E-state index contributed by atoms with van der Waals surface area (Å²) in [4.78, 5) is 27.5. The maximum Gasteiger partial charge on any atom is 0.357 e. The van der Waals surface area contributed by atoms with E-state index in [4.69, 9.17) is 4.74 Å². The molecule has 0 radical (unpaired) electrons. The first-order valence-electron chi connectivity index (χ1n) is 6.51. The highest BCUT2D eigenvalue weighted by molar-refractivity contribution is 6.06. The molecule has 0 atom stereocenters. The average Bonchev–Trinajstić information content (AvgIpc) is 2.47. The van der Waals surface area contributed by atoms with Crippen LogP contribution in [-0.2, 0) is 4.74 Å². The predicted molar refractivity (Wildman–Crippen MR) is 77.3 cm³/mol. The number of esters is 1. The normalized spacial score (nSPS) is 10.2.